The molecule has 1 saturated heterocycles. The Bertz CT molecular complexity index is 435. The smallest absolute Gasteiger partial charge is 0.166 e. The molecule has 0 radical (unpaired) electrons. The number of piperidine rings is 1. The molecule has 1 aromatic carbocycles. The maximum absolute atomic E-state index is 5.36. The third-order valence-electron chi connectivity index (χ3n) is 4.27. The zero-order valence-electron chi connectivity index (χ0n) is 13.1. The summed E-state index contributed by atoms with van der Waals surface area (Å²) in [5, 5.41) is 7.37. The van der Waals surface area contributed by atoms with E-state index in [0.717, 1.165) is 18.2 Å². The van der Waals surface area contributed by atoms with Gasteiger partial charge in [-0.15, -0.1) is 0 Å². The Labute approximate surface area is 134 Å². The molecule has 0 amide bonds. The summed E-state index contributed by atoms with van der Waals surface area (Å²) in [7, 11) is 0. The highest BCUT2D eigenvalue weighted by atomic mass is 32.1. The Morgan fingerprint density at radius 2 is 2.05 bits per heavy atom. The van der Waals surface area contributed by atoms with E-state index in [0.29, 0.717) is 12.1 Å². The van der Waals surface area contributed by atoms with Gasteiger partial charge in [-0.1, -0.05) is 36.8 Å². The Morgan fingerprint density at radius 1 is 1.29 bits per heavy atom. The van der Waals surface area contributed by atoms with E-state index >= 15 is 0 Å². The summed E-state index contributed by atoms with van der Waals surface area (Å²) in [6.45, 7) is 7.52. The fraction of sp³-hybridized carbons (Fsp3) is 0.588. The van der Waals surface area contributed by atoms with Gasteiger partial charge in [-0.2, -0.15) is 0 Å². The fourth-order valence-electron chi connectivity index (χ4n) is 2.97. The van der Waals surface area contributed by atoms with Crippen molar-refractivity contribution in [2.75, 3.05) is 13.1 Å². The highest BCUT2D eigenvalue weighted by Crippen LogP contribution is 2.18. The van der Waals surface area contributed by atoms with Gasteiger partial charge in [0.25, 0.3) is 0 Å². The van der Waals surface area contributed by atoms with Crippen LogP contribution in [0.25, 0.3) is 0 Å². The molecule has 0 spiro atoms. The van der Waals surface area contributed by atoms with Crippen LogP contribution in [0, 0.1) is 0 Å². The van der Waals surface area contributed by atoms with Gasteiger partial charge in [-0.3, -0.25) is 4.90 Å². The molecule has 2 atom stereocenters. The van der Waals surface area contributed by atoms with Crippen molar-refractivity contribution < 1.29 is 0 Å². The van der Waals surface area contributed by atoms with Crippen molar-refractivity contribution in [1.29, 1.82) is 0 Å². The van der Waals surface area contributed by atoms with E-state index in [9.17, 15) is 0 Å². The van der Waals surface area contributed by atoms with Crippen molar-refractivity contribution >= 4 is 17.3 Å². The van der Waals surface area contributed by atoms with Gasteiger partial charge in [0.1, 0.15) is 0 Å². The SMILES string of the molecule is C[C@H](CNC(=S)NCc1ccccc1)N1CCCC[C@@H]1C. The largest absolute Gasteiger partial charge is 0.361 e. The van der Waals surface area contributed by atoms with Gasteiger partial charge in [0.15, 0.2) is 5.11 Å². The molecule has 0 aromatic heterocycles. The first-order valence-corrected chi connectivity index (χ1v) is 8.39. The normalized spacial score (nSPS) is 20.8. The van der Waals surface area contributed by atoms with Crippen LogP contribution in [0.2, 0.25) is 0 Å². The molecule has 2 N–H and O–H groups in total. The second-order valence-electron chi connectivity index (χ2n) is 5.98. The lowest BCUT2D eigenvalue weighted by atomic mass is 10.0. The number of nitrogens with one attached hydrogen (secondary N) is 2. The quantitative estimate of drug-likeness (QED) is 0.818. The van der Waals surface area contributed by atoms with E-state index in [1.807, 2.05) is 18.2 Å². The van der Waals surface area contributed by atoms with Crippen LogP contribution in [0.15, 0.2) is 30.3 Å². The molecule has 2 rings (SSSR count). The summed E-state index contributed by atoms with van der Waals surface area (Å²) >= 11 is 5.36. The molecule has 0 bridgehead atoms. The van der Waals surface area contributed by atoms with Crippen LogP contribution in [-0.2, 0) is 6.54 Å². The van der Waals surface area contributed by atoms with Gasteiger partial charge in [0, 0.05) is 25.2 Å². The fourth-order valence-corrected chi connectivity index (χ4v) is 3.13. The van der Waals surface area contributed by atoms with Gasteiger partial charge in [-0.25, -0.2) is 0 Å². The van der Waals surface area contributed by atoms with Crippen molar-refractivity contribution in [3.8, 4) is 0 Å². The summed E-state index contributed by atoms with van der Waals surface area (Å²) < 4.78 is 0. The summed E-state index contributed by atoms with van der Waals surface area (Å²) in [4.78, 5) is 2.59. The van der Waals surface area contributed by atoms with E-state index in [1.165, 1.54) is 31.4 Å². The van der Waals surface area contributed by atoms with Crippen LogP contribution >= 0.6 is 12.2 Å². The van der Waals surface area contributed by atoms with Crippen LogP contribution in [0.3, 0.4) is 0 Å². The van der Waals surface area contributed by atoms with Crippen molar-refractivity contribution in [1.82, 2.24) is 15.5 Å². The van der Waals surface area contributed by atoms with Gasteiger partial charge in [0.05, 0.1) is 0 Å². The Morgan fingerprint density at radius 3 is 2.76 bits per heavy atom. The molecule has 1 heterocycles. The molecule has 0 aliphatic carbocycles. The lowest BCUT2D eigenvalue weighted by molar-refractivity contribution is 0.116. The average molecular weight is 305 g/mol. The number of hydrogen-bond donors (Lipinski definition) is 2. The van der Waals surface area contributed by atoms with Crippen LogP contribution in [0.5, 0.6) is 0 Å². The van der Waals surface area contributed by atoms with E-state index in [-0.39, 0.29) is 0 Å². The number of nitrogens with zero attached hydrogens (tertiary/aromatic N) is 1. The summed E-state index contributed by atoms with van der Waals surface area (Å²) in [5.74, 6) is 0. The lowest BCUT2D eigenvalue weighted by Gasteiger charge is -2.38. The number of rotatable bonds is 5. The van der Waals surface area contributed by atoms with Gasteiger partial charge in [0.2, 0.25) is 0 Å². The van der Waals surface area contributed by atoms with E-state index in [4.69, 9.17) is 12.2 Å². The van der Waals surface area contributed by atoms with Crippen LogP contribution in [0.4, 0.5) is 0 Å². The summed E-state index contributed by atoms with van der Waals surface area (Å²) in [5.41, 5.74) is 1.25. The standard InChI is InChI=1S/C17H27N3S/c1-14-8-6-7-11-20(14)15(2)12-18-17(21)19-13-16-9-4-3-5-10-16/h3-5,9-10,14-15H,6-8,11-13H2,1-2H3,(H2,18,19,21)/t14-,15+/m0/s1. The molecule has 3 nitrogen and oxygen atoms in total. The average Bonchev–Trinajstić information content (AvgIpc) is 2.52. The minimum Gasteiger partial charge on any atom is -0.361 e. The number of likely N-dealkylation sites (tertiary alicyclic amines) is 1. The van der Waals surface area contributed by atoms with Crippen molar-refractivity contribution in [3.63, 3.8) is 0 Å². The number of benzene rings is 1. The first-order valence-electron chi connectivity index (χ1n) is 7.98. The first kappa shape index (κ1) is 16.2. The minimum absolute atomic E-state index is 0.525. The molecule has 0 unspecified atom stereocenters. The van der Waals surface area contributed by atoms with Crippen molar-refractivity contribution in [2.24, 2.45) is 0 Å². The summed E-state index contributed by atoms with van der Waals surface area (Å²) in [6, 6.07) is 11.6. The van der Waals surface area contributed by atoms with E-state index in [1.54, 1.807) is 0 Å². The molecule has 0 saturated carbocycles. The van der Waals surface area contributed by atoms with Crippen LogP contribution in [0.1, 0.15) is 38.7 Å². The second-order valence-corrected chi connectivity index (χ2v) is 6.39. The van der Waals surface area contributed by atoms with E-state index in [2.05, 4.69) is 41.5 Å². The zero-order valence-corrected chi connectivity index (χ0v) is 14.0. The molecule has 116 valence electrons. The predicted octanol–water partition coefficient (Wildman–Crippen LogP) is 2.91. The molecule has 1 fully saturated rings. The van der Waals surface area contributed by atoms with Crippen molar-refractivity contribution in [3.05, 3.63) is 35.9 Å². The molecule has 1 aliphatic heterocycles. The Balaban J connectivity index is 1.68. The highest BCUT2D eigenvalue weighted by Gasteiger charge is 2.22. The highest BCUT2D eigenvalue weighted by molar-refractivity contribution is 7.80. The Hall–Kier alpha value is -1.13. The maximum Gasteiger partial charge on any atom is 0.166 e. The lowest BCUT2D eigenvalue weighted by Crippen LogP contribution is -2.49. The van der Waals surface area contributed by atoms with Crippen molar-refractivity contribution in [2.45, 2.75) is 51.7 Å². The molecular weight excluding hydrogens is 278 g/mol. The minimum atomic E-state index is 0.525. The second kappa shape index (κ2) is 8.35. The van der Waals surface area contributed by atoms with Crippen LogP contribution < -0.4 is 10.6 Å². The number of hydrogen-bond acceptors (Lipinski definition) is 2. The molecule has 1 aliphatic rings. The molecule has 4 heteroatoms. The monoisotopic (exact) mass is 305 g/mol. The number of thiocarbonyl (C=S) groups is 1. The maximum atomic E-state index is 5.36. The van der Waals surface area contributed by atoms with Gasteiger partial charge >= 0.3 is 0 Å². The van der Waals surface area contributed by atoms with Crippen LogP contribution in [-0.4, -0.2) is 35.2 Å². The topological polar surface area (TPSA) is 27.3 Å². The first-order chi connectivity index (χ1) is 10.2. The third kappa shape index (κ3) is 5.29. The van der Waals surface area contributed by atoms with Gasteiger partial charge < -0.3 is 10.6 Å². The van der Waals surface area contributed by atoms with E-state index < -0.39 is 0 Å². The molecule has 1 aromatic rings. The third-order valence-corrected chi connectivity index (χ3v) is 4.56. The zero-order chi connectivity index (χ0) is 15.1. The van der Waals surface area contributed by atoms with Gasteiger partial charge in [-0.05, 0) is 51.0 Å². The molecular formula is C17H27N3S. The predicted molar refractivity (Wildman–Crippen MR) is 93.4 cm³/mol. The summed E-state index contributed by atoms with van der Waals surface area (Å²) in [6.07, 6.45) is 4.02. The Kier molecular flexibility index (Phi) is 6.46. The molecule has 21 heavy (non-hydrogen) atoms.